The molecule has 1 aromatic carbocycles. The van der Waals surface area contributed by atoms with Gasteiger partial charge in [-0.05, 0) is 25.0 Å². The van der Waals surface area contributed by atoms with E-state index in [1.165, 1.54) is 4.31 Å². The number of sulfonamides is 1. The molecule has 2 aliphatic rings. The molecule has 5 nitrogen and oxygen atoms in total. The molecule has 0 aromatic heterocycles. The minimum Gasteiger partial charge on any atom is -0.349 e. The minimum absolute atomic E-state index is 0.271. The van der Waals surface area contributed by atoms with Gasteiger partial charge < -0.3 is 9.47 Å². The van der Waals surface area contributed by atoms with Gasteiger partial charge in [0.1, 0.15) is 16.5 Å². The molecular weight excluding hydrogens is 316 g/mol. The molecule has 0 amide bonds. The van der Waals surface area contributed by atoms with E-state index in [1.807, 2.05) is 0 Å². The number of ether oxygens (including phenoxy) is 2. The highest BCUT2D eigenvalue weighted by molar-refractivity contribution is 7.89. The van der Waals surface area contributed by atoms with Crippen molar-refractivity contribution in [2.45, 2.75) is 36.5 Å². The van der Waals surface area contributed by atoms with Crippen LogP contribution in [0.3, 0.4) is 0 Å². The number of rotatable bonds is 3. The third-order valence-corrected chi connectivity index (χ3v) is 5.90. The van der Waals surface area contributed by atoms with Crippen LogP contribution in [0.15, 0.2) is 23.1 Å². The highest BCUT2D eigenvalue weighted by atomic mass is 32.2. The summed E-state index contributed by atoms with van der Waals surface area (Å²) >= 11 is 0. The summed E-state index contributed by atoms with van der Waals surface area (Å²) in [6.07, 6.45) is 1.50. The summed E-state index contributed by atoms with van der Waals surface area (Å²) in [6, 6.07) is 2.00. The first-order chi connectivity index (χ1) is 10.5. The first-order valence-corrected chi connectivity index (χ1v) is 8.64. The standard InChI is InChI=1S/C14H17F2NO4S/c15-10-4-5-13(11(16)9-10)22(18,19)17-6-2-1-3-12(17)14-20-7-8-21-14/h4-5,9,12,14H,1-3,6-8H2. The maximum Gasteiger partial charge on any atom is 0.246 e. The first kappa shape index (κ1) is 15.8. The molecule has 0 bridgehead atoms. The number of benzene rings is 1. The van der Waals surface area contributed by atoms with Gasteiger partial charge in [-0.1, -0.05) is 6.42 Å². The monoisotopic (exact) mass is 333 g/mol. The Hall–Kier alpha value is -1.09. The van der Waals surface area contributed by atoms with E-state index in [9.17, 15) is 17.2 Å². The molecule has 2 aliphatic heterocycles. The average molecular weight is 333 g/mol. The molecule has 0 saturated carbocycles. The minimum atomic E-state index is -4.06. The van der Waals surface area contributed by atoms with Crippen molar-refractivity contribution in [2.24, 2.45) is 0 Å². The Morgan fingerprint density at radius 2 is 1.86 bits per heavy atom. The molecule has 22 heavy (non-hydrogen) atoms. The van der Waals surface area contributed by atoms with E-state index in [2.05, 4.69) is 0 Å². The Morgan fingerprint density at radius 1 is 1.14 bits per heavy atom. The molecule has 0 N–H and O–H groups in total. The van der Waals surface area contributed by atoms with Gasteiger partial charge in [-0.15, -0.1) is 0 Å². The van der Waals surface area contributed by atoms with E-state index in [-0.39, 0.29) is 6.54 Å². The van der Waals surface area contributed by atoms with Gasteiger partial charge in [0.15, 0.2) is 6.29 Å². The fraction of sp³-hybridized carbons (Fsp3) is 0.571. The molecule has 0 aliphatic carbocycles. The summed E-state index contributed by atoms with van der Waals surface area (Å²) in [5, 5.41) is 0. The zero-order chi connectivity index (χ0) is 15.7. The molecule has 1 atom stereocenters. The highest BCUT2D eigenvalue weighted by Gasteiger charge is 2.41. The Labute approximate surface area is 127 Å². The molecule has 2 fully saturated rings. The van der Waals surface area contributed by atoms with Gasteiger partial charge >= 0.3 is 0 Å². The summed E-state index contributed by atoms with van der Waals surface area (Å²) < 4.78 is 64.5. The van der Waals surface area contributed by atoms with Crippen molar-refractivity contribution in [2.75, 3.05) is 19.8 Å². The maximum absolute atomic E-state index is 13.9. The Kier molecular flexibility index (Phi) is 4.44. The van der Waals surface area contributed by atoms with E-state index in [0.29, 0.717) is 32.1 Å². The van der Waals surface area contributed by atoms with Crippen LogP contribution in [0.5, 0.6) is 0 Å². The molecule has 2 saturated heterocycles. The van der Waals surface area contributed by atoms with Crippen LogP contribution in [0.2, 0.25) is 0 Å². The second-order valence-electron chi connectivity index (χ2n) is 5.36. The first-order valence-electron chi connectivity index (χ1n) is 7.20. The Morgan fingerprint density at radius 3 is 2.55 bits per heavy atom. The third-order valence-electron chi connectivity index (χ3n) is 3.94. The number of halogens is 2. The number of hydrogen-bond donors (Lipinski definition) is 0. The summed E-state index contributed by atoms with van der Waals surface area (Å²) in [5.41, 5.74) is 0. The van der Waals surface area contributed by atoms with E-state index < -0.39 is 38.9 Å². The Bertz CT molecular complexity index is 646. The quantitative estimate of drug-likeness (QED) is 0.847. The fourth-order valence-electron chi connectivity index (χ4n) is 2.91. The van der Waals surface area contributed by atoms with Crippen LogP contribution in [-0.4, -0.2) is 44.8 Å². The molecule has 1 aromatic rings. The molecule has 0 spiro atoms. The van der Waals surface area contributed by atoms with Crippen molar-refractivity contribution in [1.29, 1.82) is 0 Å². The summed E-state index contributed by atoms with van der Waals surface area (Å²) in [7, 11) is -4.06. The van der Waals surface area contributed by atoms with Crippen molar-refractivity contribution in [3.63, 3.8) is 0 Å². The molecule has 122 valence electrons. The van der Waals surface area contributed by atoms with Gasteiger partial charge in [-0.3, -0.25) is 0 Å². The van der Waals surface area contributed by atoms with E-state index in [4.69, 9.17) is 9.47 Å². The molecule has 2 heterocycles. The highest BCUT2D eigenvalue weighted by Crippen LogP contribution is 2.30. The van der Waals surface area contributed by atoms with Gasteiger partial charge in [0, 0.05) is 12.6 Å². The smallest absolute Gasteiger partial charge is 0.246 e. The van der Waals surface area contributed by atoms with Crippen LogP contribution in [0, 0.1) is 11.6 Å². The summed E-state index contributed by atoms with van der Waals surface area (Å²) in [5.74, 6) is -1.90. The molecule has 1 unspecified atom stereocenters. The van der Waals surface area contributed by atoms with Crippen LogP contribution in [0.25, 0.3) is 0 Å². The maximum atomic E-state index is 13.9. The zero-order valence-electron chi connectivity index (χ0n) is 11.9. The number of nitrogens with zero attached hydrogens (tertiary/aromatic N) is 1. The lowest BCUT2D eigenvalue weighted by Crippen LogP contribution is -2.50. The topological polar surface area (TPSA) is 55.8 Å². The SMILES string of the molecule is O=S(=O)(c1ccc(F)cc1F)N1CCCCC1C1OCCO1. The van der Waals surface area contributed by atoms with E-state index >= 15 is 0 Å². The summed E-state index contributed by atoms with van der Waals surface area (Å²) in [4.78, 5) is -0.515. The van der Waals surface area contributed by atoms with Gasteiger partial charge in [-0.2, -0.15) is 4.31 Å². The lowest BCUT2D eigenvalue weighted by atomic mass is 10.0. The normalized spacial score (nSPS) is 24.7. The van der Waals surface area contributed by atoms with Crippen LogP contribution < -0.4 is 0 Å². The van der Waals surface area contributed by atoms with Gasteiger partial charge in [-0.25, -0.2) is 17.2 Å². The van der Waals surface area contributed by atoms with Gasteiger partial charge in [0.25, 0.3) is 0 Å². The lowest BCUT2D eigenvalue weighted by molar-refractivity contribution is -0.0913. The van der Waals surface area contributed by atoms with E-state index in [1.54, 1.807) is 0 Å². The second kappa shape index (κ2) is 6.19. The van der Waals surface area contributed by atoms with Crippen molar-refractivity contribution < 1.29 is 26.7 Å². The second-order valence-corrected chi connectivity index (χ2v) is 7.22. The third kappa shape index (κ3) is 2.88. The van der Waals surface area contributed by atoms with Crippen LogP contribution >= 0.6 is 0 Å². The Balaban J connectivity index is 1.94. The van der Waals surface area contributed by atoms with Crippen molar-refractivity contribution in [1.82, 2.24) is 4.31 Å². The number of piperidine rings is 1. The van der Waals surface area contributed by atoms with E-state index in [0.717, 1.165) is 18.6 Å². The van der Waals surface area contributed by atoms with Crippen LogP contribution in [-0.2, 0) is 19.5 Å². The van der Waals surface area contributed by atoms with Crippen LogP contribution in [0.4, 0.5) is 8.78 Å². The van der Waals surface area contributed by atoms with Gasteiger partial charge in [0.05, 0.1) is 19.3 Å². The molecule has 3 rings (SSSR count). The van der Waals surface area contributed by atoms with Crippen molar-refractivity contribution in [3.8, 4) is 0 Å². The molecule has 0 radical (unpaired) electrons. The zero-order valence-corrected chi connectivity index (χ0v) is 12.7. The fourth-order valence-corrected chi connectivity index (χ4v) is 4.64. The largest absolute Gasteiger partial charge is 0.349 e. The molecular formula is C14H17F2NO4S. The average Bonchev–Trinajstić information content (AvgIpc) is 3.01. The number of hydrogen-bond acceptors (Lipinski definition) is 4. The predicted octanol–water partition coefficient (Wildman–Crippen LogP) is 1.88. The van der Waals surface area contributed by atoms with Crippen molar-refractivity contribution in [3.05, 3.63) is 29.8 Å². The van der Waals surface area contributed by atoms with Gasteiger partial charge in [0.2, 0.25) is 10.0 Å². The molecule has 8 heteroatoms. The van der Waals surface area contributed by atoms with Crippen molar-refractivity contribution >= 4 is 10.0 Å². The van der Waals surface area contributed by atoms with Crippen LogP contribution in [0.1, 0.15) is 19.3 Å². The lowest BCUT2D eigenvalue weighted by Gasteiger charge is -2.36. The summed E-state index contributed by atoms with van der Waals surface area (Å²) in [6.45, 7) is 1.10. The predicted molar refractivity (Wildman–Crippen MR) is 73.6 cm³/mol.